The van der Waals surface area contributed by atoms with E-state index in [0.717, 1.165) is 44.0 Å². The number of benzene rings is 2. The van der Waals surface area contributed by atoms with Crippen LogP contribution in [0.4, 0.5) is 5.88 Å². The maximum atomic E-state index is 9.51. The van der Waals surface area contributed by atoms with Gasteiger partial charge in [-0.15, -0.1) is 0 Å². The quantitative estimate of drug-likeness (QED) is 0.740. The Kier molecular flexibility index (Phi) is 5.27. The molecule has 3 aromatic rings. The summed E-state index contributed by atoms with van der Waals surface area (Å²) in [6.45, 7) is 4.70. The van der Waals surface area contributed by atoms with Crippen molar-refractivity contribution in [2.45, 2.75) is 6.54 Å². The van der Waals surface area contributed by atoms with E-state index in [-0.39, 0.29) is 0 Å². The second-order valence-electron chi connectivity index (χ2n) is 6.91. The van der Waals surface area contributed by atoms with Crippen LogP contribution in [0.15, 0.2) is 59.0 Å². The predicted molar refractivity (Wildman–Crippen MR) is 106 cm³/mol. The molecule has 0 amide bonds. The molecule has 0 atom stereocenters. The molecule has 6 heteroatoms. The van der Waals surface area contributed by atoms with Crippen molar-refractivity contribution in [3.05, 3.63) is 65.9 Å². The Morgan fingerprint density at radius 1 is 1.11 bits per heavy atom. The summed E-state index contributed by atoms with van der Waals surface area (Å²) in [6.07, 6.45) is 0. The molecule has 142 valence electrons. The number of ether oxygens (including phenoxy) is 1. The van der Waals surface area contributed by atoms with Crippen molar-refractivity contribution in [2.24, 2.45) is 0 Å². The van der Waals surface area contributed by atoms with Gasteiger partial charge in [-0.1, -0.05) is 30.3 Å². The Labute approximate surface area is 164 Å². The van der Waals surface area contributed by atoms with Gasteiger partial charge < -0.3 is 19.0 Å². The molecule has 1 aliphatic rings. The van der Waals surface area contributed by atoms with Crippen molar-refractivity contribution < 1.29 is 14.1 Å². The van der Waals surface area contributed by atoms with Crippen LogP contribution in [0, 0.1) is 11.3 Å². The molecule has 6 nitrogen and oxygen atoms in total. The van der Waals surface area contributed by atoms with E-state index in [0.29, 0.717) is 17.5 Å². The molecule has 1 saturated heterocycles. The molecule has 4 rings (SSSR count). The maximum absolute atomic E-state index is 9.51. The number of nitriles is 1. The van der Waals surface area contributed by atoms with Gasteiger partial charge in [0.1, 0.15) is 18.4 Å². The minimum atomic E-state index is 0.345. The van der Waals surface area contributed by atoms with Crippen LogP contribution in [0.5, 0.6) is 5.75 Å². The highest BCUT2D eigenvalue weighted by molar-refractivity contribution is 5.60. The Balaban J connectivity index is 1.46. The van der Waals surface area contributed by atoms with E-state index in [4.69, 9.17) is 9.15 Å². The van der Waals surface area contributed by atoms with Crippen LogP contribution in [-0.2, 0) is 6.54 Å². The molecule has 0 unspecified atom stereocenters. The average Bonchev–Trinajstić information content (AvgIpc) is 3.19. The monoisotopic (exact) mass is 375 g/mol. The zero-order valence-electron chi connectivity index (χ0n) is 15.9. The summed E-state index contributed by atoms with van der Waals surface area (Å²) in [7, 11) is 1.63. The van der Waals surface area contributed by atoms with Gasteiger partial charge in [0.05, 0.1) is 33.3 Å². The predicted octanol–water partition coefficient (Wildman–Crippen LogP) is 2.13. The Bertz CT molecular complexity index is 952. The van der Waals surface area contributed by atoms with Gasteiger partial charge in [0.2, 0.25) is 17.5 Å². The Morgan fingerprint density at radius 2 is 1.82 bits per heavy atom. The van der Waals surface area contributed by atoms with Crippen LogP contribution < -0.4 is 14.5 Å². The Hall–Kier alpha value is -3.30. The van der Waals surface area contributed by atoms with Gasteiger partial charge in [0.25, 0.3) is 0 Å². The van der Waals surface area contributed by atoms with E-state index in [1.54, 1.807) is 7.11 Å². The molecule has 0 saturated carbocycles. The third-order valence-electron chi connectivity index (χ3n) is 5.11. The third-order valence-corrected chi connectivity index (χ3v) is 5.11. The summed E-state index contributed by atoms with van der Waals surface area (Å²) in [5.41, 5.74) is 2.53. The number of oxazole rings is 1. The molecule has 0 radical (unpaired) electrons. The third kappa shape index (κ3) is 3.85. The number of quaternary nitrogens is 1. The van der Waals surface area contributed by atoms with Gasteiger partial charge in [0, 0.05) is 11.1 Å². The Morgan fingerprint density at radius 3 is 2.46 bits per heavy atom. The summed E-state index contributed by atoms with van der Waals surface area (Å²) in [5.74, 6) is 1.81. The fourth-order valence-corrected chi connectivity index (χ4v) is 3.54. The highest BCUT2D eigenvalue weighted by atomic mass is 16.5. The second-order valence-corrected chi connectivity index (χ2v) is 6.91. The van der Waals surface area contributed by atoms with E-state index >= 15 is 0 Å². The summed E-state index contributed by atoms with van der Waals surface area (Å²) in [6, 6.07) is 20.2. The molecule has 1 N–H and O–H groups in total. The van der Waals surface area contributed by atoms with E-state index in [1.165, 1.54) is 10.5 Å². The number of nitrogens with one attached hydrogen (secondary N) is 1. The number of piperazine rings is 1. The summed E-state index contributed by atoms with van der Waals surface area (Å²) in [5, 5.41) is 9.51. The fourth-order valence-electron chi connectivity index (χ4n) is 3.54. The van der Waals surface area contributed by atoms with Gasteiger partial charge in [-0.2, -0.15) is 10.2 Å². The van der Waals surface area contributed by atoms with E-state index in [2.05, 4.69) is 40.2 Å². The van der Waals surface area contributed by atoms with Crippen LogP contribution in [0.2, 0.25) is 0 Å². The van der Waals surface area contributed by atoms with Crippen molar-refractivity contribution in [1.29, 1.82) is 5.26 Å². The lowest BCUT2D eigenvalue weighted by Crippen LogP contribution is -3.13. The minimum Gasteiger partial charge on any atom is -0.497 e. The number of anilines is 1. The summed E-state index contributed by atoms with van der Waals surface area (Å²) < 4.78 is 11.2. The van der Waals surface area contributed by atoms with Crippen molar-refractivity contribution in [3.63, 3.8) is 0 Å². The number of hydrogen-bond donors (Lipinski definition) is 1. The van der Waals surface area contributed by atoms with Gasteiger partial charge >= 0.3 is 0 Å². The lowest BCUT2D eigenvalue weighted by Gasteiger charge is -2.31. The van der Waals surface area contributed by atoms with Crippen LogP contribution in [-0.4, -0.2) is 38.3 Å². The van der Waals surface area contributed by atoms with Crippen LogP contribution >= 0.6 is 0 Å². The largest absolute Gasteiger partial charge is 0.497 e. The highest BCUT2D eigenvalue weighted by Gasteiger charge is 2.26. The van der Waals surface area contributed by atoms with E-state index in [9.17, 15) is 5.26 Å². The van der Waals surface area contributed by atoms with Crippen molar-refractivity contribution in [2.75, 3.05) is 38.2 Å². The maximum Gasteiger partial charge on any atom is 0.235 e. The summed E-state index contributed by atoms with van der Waals surface area (Å²) >= 11 is 0. The number of nitrogens with zero attached hydrogens (tertiary/aromatic N) is 3. The topological polar surface area (TPSA) is 66.7 Å². The number of methoxy groups -OCH3 is 1. The van der Waals surface area contributed by atoms with Gasteiger partial charge in [0.15, 0.2) is 0 Å². The van der Waals surface area contributed by atoms with Crippen molar-refractivity contribution in [3.8, 4) is 23.3 Å². The van der Waals surface area contributed by atoms with Crippen LogP contribution in [0.1, 0.15) is 11.3 Å². The SMILES string of the molecule is COc1ccc(-c2nc(C#N)c(N3CC[NH+](Cc4ccccc4)CC3)o2)cc1. The number of aromatic nitrogens is 1. The first-order valence-electron chi connectivity index (χ1n) is 9.44. The fraction of sp³-hybridized carbons (Fsp3) is 0.273. The molecule has 0 spiro atoms. The first-order chi connectivity index (χ1) is 13.8. The van der Waals surface area contributed by atoms with Crippen molar-refractivity contribution >= 4 is 5.88 Å². The van der Waals surface area contributed by atoms with E-state index < -0.39 is 0 Å². The zero-order valence-corrected chi connectivity index (χ0v) is 15.9. The van der Waals surface area contributed by atoms with Gasteiger partial charge in [-0.25, -0.2) is 0 Å². The number of hydrogen-bond acceptors (Lipinski definition) is 5. The molecule has 2 aromatic carbocycles. The standard InChI is InChI=1S/C22H22N4O2/c1-27-19-9-7-18(8-10-19)21-24-20(15-23)22(28-21)26-13-11-25(12-14-26)16-17-5-3-2-4-6-17/h2-10H,11-14,16H2,1H3/p+1. The molecule has 2 heterocycles. The molecule has 0 aliphatic carbocycles. The minimum absolute atomic E-state index is 0.345. The normalized spacial score (nSPS) is 14.6. The molecular weight excluding hydrogens is 352 g/mol. The lowest BCUT2D eigenvalue weighted by atomic mass is 10.2. The number of rotatable bonds is 5. The molecule has 1 aromatic heterocycles. The molecule has 28 heavy (non-hydrogen) atoms. The average molecular weight is 375 g/mol. The first-order valence-corrected chi connectivity index (χ1v) is 9.44. The van der Waals surface area contributed by atoms with Crippen molar-refractivity contribution in [1.82, 2.24) is 4.98 Å². The lowest BCUT2D eigenvalue weighted by molar-refractivity contribution is -0.914. The molecule has 1 fully saturated rings. The molecule has 0 bridgehead atoms. The summed E-state index contributed by atoms with van der Waals surface area (Å²) in [4.78, 5) is 8.07. The first kappa shape index (κ1) is 18.1. The van der Waals surface area contributed by atoms with Gasteiger partial charge in [-0.3, -0.25) is 0 Å². The molecular formula is C22H23N4O2+. The highest BCUT2D eigenvalue weighted by Crippen LogP contribution is 2.29. The molecule has 1 aliphatic heterocycles. The van der Waals surface area contributed by atoms with Gasteiger partial charge in [-0.05, 0) is 24.3 Å². The van der Waals surface area contributed by atoms with Crippen LogP contribution in [0.3, 0.4) is 0 Å². The zero-order chi connectivity index (χ0) is 19.3. The smallest absolute Gasteiger partial charge is 0.235 e. The van der Waals surface area contributed by atoms with Crippen LogP contribution in [0.25, 0.3) is 11.5 Å². The van der Waals surface area contributed by atoms with E-state index in [1.807, 2.05) is 30.3 Å². The second kappa shape index (κ2) is 8.15.